The summed E-state index contributed by atoms with van der Waals surface area (Å²) in [5.41, 5.74) is -2.07. The molecule has 0 aliphatic carbocycles. The van der Waals surface area contributed by atoms with E-state index in [1.54, 1.807) is 17.5 Å². The van der Waals surface area contributed by atoms with Crippen LogP contribution in [0, 0.1) is 11.6 Å². The van der Waals surface area contributed by atoms with Crippen molar-refractivity contribution in [3.8, 4) is 0 Å². The number of nitrogens with one attached hydrogen (secondary N) is 2. The topological polar surface area (TPSA) is 84.0 Å². The van der Waals surface area contributed by atoms with Gasteiger partial charge in [-0.3, -0.25) is 14.2 Å². The molecule has 0 atom stereocenters. The van der Waals surface area contributed by atoms with Crippen molar-refractivity contribution in [1.82, 2.24) is 14.9 Å². The van der Waals surface area contributed by atoms with Gasteiger partial charge in [-0.05, 0) is 23.6 Å². The molecule has 26 heavy (non-hydrogen) atoms. The fourth-order valence-electron chi connectivity index (χ4n) is 2.34. The van der Waals surface area contributed by atoms with Gasteiger partial charge < -0.3 is 10.3 Å². The molecule has 0 fully saturated rings. The molecular weight excluding hydrogens is 364 g/mol. The molecule has 0 saturated heterocycles. The lowest BCUT2D eigenvalue weighted by atomic mass is 10.2. The van der Waals surface area contributed by atoms with Crippen LogP contribution in [0.25, 0.3) is 0 Å². The standard InChI is InChI=1S/C17H13F2N3O3S/c18-13-4-1-5-14(19)11(13)7-20-15(23)12-8-21-17(25)22(16(12)24)9-10-3-2-6-26-10/h1-6,8H,7,9H2,(H,20,23)(H,21,25). The van der Waals surface area contributed by atoms with Crippen LogP contribution in [0.2, 0.25) is 0 Å². The summed E-state index contributed by atoms with van der Waals surface area (Å²) in [6.07, 6.45) is 0.989. The second-order valence-corrected chi connectivity index (χ2v) is 6.39. The Morgan fingerprint density at radius 2 is 1.88 bits per heavy atom. The molecule has 0 unspecified atom stereocenters. The molecule has 1 aromatic carbocycles. The number of amides is 1. The van der Waals surface area contributed by atoms with E-state index in [1.165, 1.54) is 17.4 Å². The molecular formula is C17H13F2N3O3S. The number of thiophene rings is 1. The molecule has 3 aromatic rings. The smallest absolute Gasteiger partial charge is 0.328 e. The van der Waals surface area contributed by atoms with Gasteiger partial charge in [-0.2, -0.15) is 0 Å². The molecule has 2 heterocycles. The van der Waals surface area contributed by atoms with E-state index in [0.717, 1.165) is 27.8 Å². The van der Waals surface area contributed by atoms with Gasteiger partial charge in [0, 0.05) is 23.2 Å². The zero-order valence-corrected chi connectivity index (χ0v) is 14.1. The molecule has 0 spiro atoms. The van der Waals surface area contributed by atoms with E-state index in [0.29, 0.717) is 0 Å². The third kappa shape index (κ3) is 3.62. The van der Waals surface area contributed by atoms with E-state index in [9.17, 15) is 23.2 Å². The maximum Gasteiger partial charge on any atom is 0.328 e. The van der Waals surface area contributed by atoms with Gasteiger partial charge in [0.1, 0.15) is 17.2 Å². The SMILES string of the molecule is O=C(NCc1c(F)cccc1F)c1c[nH]c(=O)n(Cc2cccs2)c1=O. The first kappa shape index (κ1) is 17.7. The molecule has 0 bridgehead atoms. The monoisotopic (exact) mass is 377 g/mol. The molecule has 0 radical (unpaired) electrons. The minimum absolute atomic E-state index is 0.0227. The second kappa shape index (κ2) is 7.44. The zero-order valence-electron chi connectivity index (χ0n) is 13.3. The Morgan fingerprint density at radius 3 is 2.54 bits per heavy atom. The van der Waals surface area contributed by atoms with Crippen LogP contribution < -0.4 is 16.6 Å². The lowest BCUT2D eigenvalue weighted by Crippen LogP contribution is -2.40. The predicted octanol–water partition coefficient (Wildman–Crippen LogP) is 1.85. The third-order valence-electron chi connectivity index (χ3n) is 3.69. The number of H-pyrrole nitrogens is 1. The lowest BCUT2D eigenvalue weighted by Gasteiger charge is -2.08. The van der Waals surface area contributed by atoms with Gasteiger partial charge >= 0.3 is 5.69 Å². The molecule has 0 aliphatic heterocycles. The Hall–Kier alpha value is -3.07. The van der Waals surface area contributed by atoms with Crippen molar-refractivity contribution in [2.75, 3.05) is 0 Å². The number of hydrogen-bond donors (Lipinski definition) is 2. The molecule has 0 aliphatic rings. The van der Waals surface area contributed by atoms with Crippen LogP contribution in [-0.2, 0) is 13.1 Å². The largest absolute Gasteiger partial charge is 0.348 e. The number of hydrogen-bond acceptors (Lipinski definition) is 4. The van der Waals surface area contributed by atoms with Crippen LogP contribution in [-0.4, -0.2) is 15.5 Å². The number of aromatic nitrogens is 2. The van der Waals surface area contributed by atoms with Crippen LogP contribution in [0.4, 0.5) is 8.78 Å². The highest BCUT2D eigenvalue weighted by molar-refractivity contribution is 7.09. The summed E-state index contributed by atoms with van der Waals surface area (Å²) in [4.78, 5) is 39.7. The Balaban J connectivity index is 1.84. The maximum atomic E-state index is 13.6. The van der Waals surface area contributed by atoms with Crippen molar-refractivity contribution in [1.29, 1.82) is 0 Å². The quantitative estimate of drug-likeness (QED) is 0.712. The normalized spacial score (nSPS) is 10.7. The Morgan fingerprint density at radius 1 is 1.15 bits per heavy atom. The van der Waals surface area contributed by atoms with Crippen molar-refractivity contribution in [3.63, 3.8) is 0 Å². The van der Waals surface area contributed by atoms with E-state index < -0.39 is 35.3 Å². The minimum atomic E-state index is -0.839. The average Bonchev–Trinajstić information content (AvgIpc) is 3.11. The van der Waals surface area contributed by atoms with E-state index >= 15 is 0 Å². The van der Waals surface area contributed by atoms with Crippen molar-refractivity contribution >= 4 is 17.2 Å². The van der Waals surface area contributed by atoms with Gasteiger partial charge in [0.05, 0.1) is 6.54 Å². The summed E-state index contributed by atoms with van der Waals surface area (Å²) in [5.74, 6) is -2.45. The van der Waals surface area contributed by atoms with Crippen LogP contribution in [0.3, 0.4) is 0 Å². The Bertz CT molecular complexity index is 1040. The third-order valence-corrected chi connectivity index (χ3v) is 4.55. The molecule has 2 aromatic heterocycles. The number of carbonyl (C=O) groups is 1. The van der Waals surface area contributed by atoms with Crippen molar-refractivity contribution < 1.29 is 13.6 Å². The van der Waals surface area contributed by atoms with Gasteiger partial charge in [-0.25, -0.2) is 13.6 Å². The first-order chi connectivity index (χ1) is 12.5. The fraction of sp³-hybridized carbons (Fsp3) is 0.118. The first-order valence-electron chi connectivity index (χ1n) is 7.53. The van der Waals surface area contributed by atoms with Gasteiger partial charge in [-0.15, -0.1) is 11.3 Å². The number of carbonyl (C=O) groups excluding carboxylic acids is 1. The van der Waals surface area contributed by atoms with Crippen LogP contribution in [0.1, 0.15) is 20.8 Å². The van der Waals surface area contributed by atoms with Crippen molar-refractivity contribution in [2.45, 2.75) is 13.1 Å². The summed E-state index contributed by atoms with van der Waals surface area (Å²) >= 11 is 1.36. The number of nitrogens with zero attached hydrogens (tertiary/aromatic N) is 1. The van der Waals surface area contributed by atoms with Gasteiger partial charge in [0.25, 0.3) is 11.5 Å². The molecule has 0 saturated carbocycles. The van der Waals surface area contributed by atoms with E-state index in [4.69, 9.17) is 0 Å². The molecule has 2 N–H and O–H groups in total. The fourth-order valence-corrected chi connectivity index (χ4v) is 3.03. The summed E-state index contributed by atoms with van der Waals surface area (Å²) in [7, 11) is 0. The zero-order chi connectivity index (χ0) is 18.7. The maximum absolute atomic E-state index is 13.6. The number of rotatable bonds is 5. The van der Waals surface area contributed by atoms with E-state index in [2.05, 4.69) is 10.3 Å². The summed E-state index contributed by atoms with van der Waals surface area (Å²) in [6.45, 7) is -0.407. The predicted molar refractivity (Wildman–Crippen MR) is 92.3 cm³/mol. The van der Waals surface area contributed by atoms with E-state index in [-0.39, 0.29) is 17.7 Å². The highest BCUT2D eigenvalue weighted by Crippen LogP contribution is 2.11. The van der Waals surface area contributed by atoms with Crippen molar-refractivity contribution in [3.05, 3.63) is 90.4 Å². The lowest BCUT2D eigenvalue weighted by molar-refractivity contribution is 0.0947. The summed E-state index contributed by atoms with van der Waals surface area (Å²) in [6, 6.07) is 6.88. The van der Waals surface area contributed by atoms with Crippen LogP contribution in [0.5, 0.6) is 0 Å². The molecule has 3 rings (SSSR count). The van der Waals surface area contributed by atoms with Gasteiger partial charge in [-0.1, -0.05) is 12.1 Å². The van der Waals surface area contributed by atoms with Crippen LogP contribution in [0.15, 0.2) is 51.5 Å². The number of benzene rings is 1. The van der Waals surface area contributed by atoms with Gasteiger partial charge in [0.2, 0.25) is 0 Å². The van der Waals surface area contributed by atoms with Crippen molar-refractivity contribution in [2.24, 2.45) is 0 Å². The summed E-state index contributed by atoms with van der Waals surface area (Å²) < 4.78 is 28.1. The second-order valence-electron chi connectivity index (χ2n) is 5.36. The molecule has 6 nitrogen and oxygen atoms in total. The van der Waals surface area contributed by atoms with Crippen LogP contribution >= 0.6 is 11.3 Å². The average molecular weight is 377 g/mol. The number of halogens is 2. The highest BCUT2D eigenvalue weighted by atomic mass is 32.1. The minimum Gasteiger partial charge on any atom is -0.348 e. The molecule has 134 valence electrons. The Labute approximate surface area is 149 Å². The highest BCUT2D eigenvalue weighted by Gasteiger charge is 2.16. The number of aromatic amines is 1. The Kier molecular flexibility index (Phi) is 5.08. The molecule has 9 heteroatoms. The van der Waals surface area contributed by atoms with E-state index in [1.807, 2.05) is 0 Å². The molecule has 1 amide bonds. The first-order valence-corrected chi connectivity index (χ1v) is 8.41. The van der Waals surface area contributed by atoms with Gasteiger partial charge in [0.15, 0.2) is 0 Å². The summed E-state index contributed by atoms with van der Waals surface area (Å²) in [5, 5.41) is 4.09.